The average Bonchev–Trinajstić information content (AvgIpc) is 3.63. The van der Waals surface area contributed by atoms with Gasteiger partial charge in [-0.3, -0.25) is 0 Å². The van der Waals surface area contributed by atoms with Crippen LogP contribution in [0.5, 0.6) is 5.75 Å². The molecule has 2 saturated carbocycles. The average molecular weight is 457 g/mol. The molecule has 4 rings (SSSR count). The Hall–Kier alpha value is -2.43. The van der Waals surface area contributed by atoms with Crippen molar-refractivity contribution in [1.29, 1.82) is 0 Å². The zero-order chi connectivity index (χ0) is 23.6. The van der Waals surface area contributed by atoms with Crippen LogP contribution in [0.3, 0.4) is 0 Å². The van der Waals surface area contributed by atoms with Gasteiger partial charge in [0.05, 0.1) is 7.11 Å². The minimum Gasteiger partial charge on any atom is -0.497 e. The Labute approximate surface area is 195 Å². The van der Waals surface area contributed by atoms with Crippen molar-refractivity contribution in [3.8, 4) is 5.75 Å². The van der Waals surface area contributed by atoms with E-state index in [2.05, 4.69) is 6.07 Å². The van der Waals surface area contributed by atoms with Crippen molar-refractivity contribution in [2.45, 2.75) is 75.8 Å². The Balaban J connectivity index is 1.36. The van der Waals surface area contributed by atoms with Crippen LogP contribution in [0.4, 0.5) is 8.78 Å². The van der Waals surface area contributed by atoms with Gasteiger partial charge in [0.25, 0.3) is 0 Å². The fraction of sp³-hybridized carbons (Fsp3) is 0.536. The number of carboxylic acids is 1. The van der Waals surface area contributed by atoms with Crippen molar-refractivity contribution in [1.82, 2.24) is 0 Å². The van der Waals surface area contributed by atoms with Crippen molar-refractivity contribution < 1.29 is 23.4 Å². The molecule has 1 unspecified atom stereocenters. The third-order valence-electron chi connectivity index (χ3n) is 7.74. The molecule has 2 aromatic carbocycles. The SMILES string of the molecule is COc1ccc(F)c(C2CCC(CCc3cccc([C@H](C4CC4)C(C)(F)C(=O)O)c3)CC2)c1. The van der Waals surface area contributed by atoms with Gasteiger partial charge in [0.2, 0.25) is 5.67 Å². The summed E-state index contributed by atoms with van der Waals surface area (Å²) in [5, 5.41) is 9.44. The van der Waals surface area contributed by atoms with Crippen molar-refractivity contribution >= 4 is 5.97 Å². The van der Waals surface area contributed by atoms with Crippen LogP contribution >= 0.6 is 0 Å². The first kappa shape index (κ1) is 23.7. The monoisotopic (exact) mass is 456 g/mol. The highest BCUT2D eigenvalue weighted by molar-refractivity contribution is 5.78. The second kappa shape index (κ2) is 9.82. The maximum Gasteiger partial charge on any atom is 0.341 e. The minimum absolute atomic E-state index is 0.110. The van der Waals surface area contributed by atoms with Crippen molar-refractivity contribution in [2.75, 3.05) is 7.11 Å². The zero-order valence-corrected chi connectivity index (χ0v) is 19.5. The molecular weight excluding hydrogens is 422 g/mol. The van der Waals surface area contributed by atoms with Crippen LogP contribution < -0.4 is 4.74 Å². The summed E-state index contributed by atoms with van der Waals surface area (Å²) in [7, 11) is 1.60. The smallest absolute Gasteiger partial charge is 0.341 e. The largest absolute Gasteiger partial charge is 0.497 e. The third-order valence-corrected chi connectivity index (χ3v) is 7.74. The van der Waals surface area contributed by atoms with Gasteiger partial charge < -0.3 is 9.84 Å². The van der Waals surface area contributed by atoms with Crippen molar-refractivity contribution in [2.24, 2.45) is 11.8 Å². The molecule has 2 aliphatic rings. The van der Waals surface area contributed by atoms with E-state index in [1.54, 1.807) is 13.2 Å². The van der Waals surface area contributed by atoms with E-state index in [1.165, 1.54) is 13.0 Å². The number of hydrogen-bond donors (Lipinski definition) is 1. The predicted octanol–water partition coefficient (Wildman–Crippen LogP) is 7.05. The Morgan fingerprint density at radius 2 is 1.85 bits per heavy atom. The molecule has 3 nitrogen and oxygen atoms in total. The molecule has 0 aromatic heterocycles. The molecule has 0 spiro atoms. The van der Waals surface area contributed by atoms with Gasteiger partial charge >= 0.3 is 5.97 Å². The molecular formula is C28H34F2O3. The summed E-state index contributed by atoms with van der Waals surface area (Å²) in [4.78, 5) is 11.6. The van der Waals surface area contributed by atoms with Crippen LogP contribution in [-0.4, -0.2) is 23.9 Å². The molecule has 0 aliphatic heterocycles. The van der Waals surface area contributed by atoms with Crippen LogP contribution in [0.15, 0.2) is 42.5 Å². The maximum absolute atomic E-state index is 15.1. The number of hydrogen-bond acceptors (Lipinski definition) is 2. The lowest BCUT2D eigenvalue weighted by Crippen LogP contribution is -2.38. The molecule has 5 heteroatoms. The number of carbonyl (C=O) groups is 1. The molecule has 0 heterocycles. The fourth-order valence-electron chi connectivity index (χ4n) is 5.63. The second-order valence-corrected chi connectivity index (χ2v) is 10.1. The van der Waals surface area contributed by atoms with Crippen LogP contribution in [-0.2, 0) is 11.2 Å². The maximum atomic E-state index is 15.1. The van der Waals surface area contributed by atoms with E-state index in [-0.39, 0.29) is 17.7 Å². The highest BCUT2D eigenvalue weighted by atomic mass is 19.1. The number of ether oxygens (including phenoxy) is 1. The van der Waals surface area contributed by atoms with E-state index >= 15 is 4.39 Å². The fourth-order valence-corrected chi connectivity index (χ4v) is 5.63. The second-order valence-electron chi connectivity index (χ2n) is 10.1. The first-order chi connectivity index (χ1) is 15.8. The minimum atomic E-state index is -2.26. The number of methoxy groups -OCH3 is 1. The summed E-state index contributed by atoms with van der Waals surface area (Å²) in [6.07, 6.45) is 7.77. The number of aliphatic carboxylic acids is 1. The number of aryl methyl sites for hydroxylation is 1. The highest BCUT2D eigenvalue weighted by Gasteiger charge is 2.50. The molecule has 0 saturated heterocycles. The molecule has 178 valence electrons. The predicted molar refractivity (Wildman–Crippen MR) is 125 cm³/mol. The van der Waals surface area contributed by atoms with E-state index in [0.29, 0.717) is 11.7 Å². The number of rotatable bonds is 9. The lowest BCUT2D eigenvalue weighted by molar-refractivity contribution is -0.151. The standard InChI is InChI=1S/C28H34F2O3/c1-28(30,27(31)32)26(21-12-13-21)22-5-3-4-19(16-22)7-6-18-8-10-20(11-9-18)24-17-23(33-2)14-15-25(24)29/h3-5,14-18,20-21,26H,6-13H2,1-2H3,(H,31,32)/t18?,20?,26-,28?/m0/s1. The molecule has 0 bridgehead atoms. The Kier molecular flexibility index (Phi) is 7.06. The number of halogens is 2. The van der Waals surface area contributed by atoms with Crippen molar-refractivity contribution in [3.05, 3.63) is 65.0 Å². The Morgan fingerprint density at radius 3 is 2.48 bits per heavy atom. The molecule has 2 aliphatic carbocycles. The quantitative estimate of drug-likeness (QED) is 0.440. The molecule has 0 radical (unpaired) electrons. The molecule has 0 amide bonds. The zero-order valence-electron chi connectivity index (χ0n) is 19.5. The summed E-state index contributed by atoms with van der Waals surface area (Å²) < 4.78 is 34.7. The van der Waals surface area contributed by atoms with Gasteiger partial charge in [0.1, 0.15) is 11.6 Å². The van der Waals surface area contributed by atoms with Crippen molar-refractivity contribution in [3.63, 3.8) is 0 Å². The van der Waals surface area contributed by atoms with Gasteiger partial charge in [0, 0.05) is 5.92 Å². The lowest BCUT2D eigenvalue weighted by atomic mass is 9.76. The Bertz CT molecular complexity index is 975. The normalized spacial score (nSPS) is 23.5. The van der Waals surface area contributed by atoms with E-state index in [9.17, 15) is 14.3 Å². The highest BCUT2D eigenvalue weighted by Crippen LogP contribution is 2.50. The summed E-state index contributed by atoms with van der Waals surface area (Å²) in [6, 6.07) is 12.9. The summed E-state index contributed by atoms with van der Waals surface area (Å²) in [6.45, 7) is 1.20. The lowest BCUT2D eigenvalue weighted by Gasteiger charge is -2.29. The number of benzene rings is 2. The van der Waals surface area contributed by atoms with Gasteiger partial charge in [-0.2, -0.15) is 0 Å². The first-order valence-electron chi connectivity index (χ1n) is 12.1. The van der Waals surface area contributed by atoms with E-state index in [1.807, 2.05) is 24.3 Å². The van der Waals surface area contributed by atoms with Crippen LogP contribution in [0.1, 0.15) is 80.4 Å². The summed E-state index contributed by atoms with van der Waals surface area (Å²) >= 11 is 0. The van der Waals surface area contributed by atoms with Gasteiger partial charge in [-0.25, -0.2) is 13.6 Å². The van der Waals surface area contributed by atoms with Gasteiger partial charge in [-0.05, 0) is 111 Å². The molecule has 2 fully saturated rings. The van der Waals surface area contributed by atoms with Crippen LogP contribution in [0, 0.1) is 17.7 Å². The van der Waals surface area contributed by atoms with Gasteiger partial charge in [-0.15, -0.1) is 0 Å². The molecule has 1 N–H and O–H groups in total. The number of alkyl halides is 1. The topological polar surface area (TPSA) is 46.5 Å². The van der Waals surface area contributed by atoms with Crippen LogP contribution in [0.25, 0.3) is 0 Å². The summed E-state index contributed by atoms with van der Waals surface area (Å²) in [5.41, 5.74) is 0.451. The number of carboxylic acid groups (broad SMARTS) is 1. The van der Waals surface area contributed by atoms with E-state index < -0.39 is 17.6 Å². The van der Waals surface area contributed by atoms with Gasteiger partial charge in [0.15, 0.2) is 0 Å². The third kappa shape index (κ3) is 5.39. The van der Waals surface area contributed by atoms with E-state index in [0.717, 1.165) is 68.1 Å². The van der Waals surface area contributed by atoms with Gasteiger partial charge in [-0.1, -0.05) is 24.3 Å². The first-order valence-corrected chi connectivity index (χ1v) is 12.1. The molecule has 33 heavy (non-hydrogen) atoms. The van der Waals surface area contributed by atoms with E-state index in [4.69, 9.17) is 4.74 Å². The Morgan fingerprint density at radius 1 is 1.12 bits per heavy atom. The summed E-state index contributed by atoms with van der Waals surface area (Å²) in [5.74, 6) is -0.496. The molecule has 2 aromatic rings. The molecule has 2 atom stereocenters. The van der Waals surface area contributed by atoms with Crippen LogP contribution in [0.2, 0.25) is 0 Å².